The van der Waals surface area contributed by atoms with Crippen LogP contribution in [0.4, 0.5) is 0 Å². The molecule has 250 valence electrons. The van der Waals surface area contributed by atoms with Crippen LogP contribution in [0, 0.1) is 19.8 Å². The highest BCUT2D eigenvalue weighted by molar-refractivity contribution is 7.90. The van der Waals surface area contributed by atoms with E-state index in [9.17, 15) is 8.42 Å². The minimum atomic E-state index is -3.02. The molecule has 1 aromatic carbocycles. The van der Waals surface area contributed by atoms with Gasteiger partial charge in [0.1, 0.15) is 5.82 Å². The number of hydrogen-bond acceptors (Lipinski definition) is 7. The number of hydrogen-bond donors (Lipinski definition) is 0. The van der Waals surface area contributed by atoms with Crippen LogP contribution in [0.1, 0.15) is 97.7 Å². The number of allylic oxidation sites excluding steroid dienone is 2. The average Bonchev–Trinajstić information content (AvgIpc) is 3.01. The van der Waals surface area contributed by atoms with Crippen molar-refractivity contribution in [2.24, 2.45) is 5.92 Å². The van der Waals surface area contributed by atoms with Gasteiger partial charge in [0.2, 0.25) is 0 Å². The summed E-state index contributed by atoms with van der Waals surface area (Å²) >= 11 is 0. The van der Waals surface area contributed by atoms with Crippen molar-refractivity contribution in [3.63, 3.8) is 0 Å². The number of ether oxygens (including phenoxy) is 1. The van der Waals surface area contributed by atoms with Crippen LogP contribution in [-0.2, 0) is 14.6 Å². The molecule has 2 saturated heterocycles. The topological polar surface area (TPSA) is 75.6 Å². The Morgan fingerprint density at radius 3 is 2.00 bits per heavy atom. The van der Waals surface area contributed by atoms with Gasteiger partial charge in [0.05, 0.1) is 16.3 Å². The fourth-order valence-corrected chi connectivity index (χ4v) is 5.33. The van der Waals surface area contributed by atoms with Gasteiger partial charge < -0.3 is 14.5 Å². The van der Waals surface area contributed by atoms with Crippen molar-refractivity contribution in [1.29, 1.82) is 0 Å². The molecule has 0 saturated carbocycles. The fraction of sp³-hybridized carbons (Fsp3) is 0.611. The Hall–Kier alpha value is -2.55. The minimum absolute atomic E-state index is 0.378. The molecule has 0 unspecified atom stereocenters. The highest BCUT2D eigenvalue weighted by Crippen LogP contribution is 2.29. The summed E-state index contributed by atoms with van der Waals surface area (Å²) in [5.41, 5.74) is 4.23. The molecule has 0 amide bonds. The molecule has 8 heteroatoms. The lowest BCUT2D eigenvalue weighted by Gasteiger charge is -2.37. The molecule has 7 nitrogen and oxygen atoms in total. The summed E-state index contributed by atoms with van der Waals surface area (Å²) < 4.78 is 27.4. The minimum Gasteiger partial charge on any atom is -0.381 e. The maximum Gasteiger partial charge on any atom is 0.175 e. The van der Waals surface area contributed by atoms with Gasteiger partial charge in [-0.25, -0.2) is 18.4 Å². The Bertz CT molecular complexity index is 1170. The average molecular weight is 631 g/mol. The molecule has 2 fully saturated rings. The largest absolute Gasteiger partial charge is 0.381 e. The van der Waals surface area contributed by atoms with E-state index >= 15 is 0 Å². The lowest BCUT2D eigenvalue weighted by molar-refractivity contribution is 0.0599. The van der Waals surface area contributed by atoms with Crippen LogP contribution in [0.15, 0.2) is 59.8 Å². The molecule has 3 heterocycles. The van der Waals surface area contributed by atoms with Gasteiger partial charge >= 0.3 is 0 Å². The molecule has 2 aliphatic heterocycles. The Kier molecular flexibility index (Phi) is 21.6. The number of aromatic nitrogens is 2. The summed E-state index contributed by atoms with van der Waals surface area (Å²) in [6.45, 7) is 26.8. The first-order valence-corrected chi connectivity index (χ1v) is 18.3. The highest BCUT2D eigenvalue weighted by atomic mass is 32.2. The maximum atomic E-state index is 10.9. The third-order valence-corrected chi connectivity index (χ3v) is 8.25. The molecule has 0 aliphatic carbocycles. The summed E-state index contributed by atoms with van der Waals surface area (Å²) in [6.07, 6.45) is 11.1. The van der Waals surface area contributed by atoms with Crippen LogP contribution in [0.5, 0.6) is 0 Å². The number of rotatable bonds is 6. The van der Waals surface area contributed by atoms with Crippen molar-refractivity contribution in [1.82, 2.24) is 19.8 Å². The van der Waals surface area contributed by atoms with E-state index in [0.717, 1.165) is 66.9 Å². The third-order valence-electron chi connectivity index (χ3n) is 7.12. The second-order valence-corrected chi connectivity index (χ2v) is 13.0. The predicted octanol–water partition coefficient (Wildman–Crippen LogP) is 8.35. The molecule has 1 aromatic heterocycles. The van der Waals surface area contributed by atoms with E-state index in [0.29, 0.717) is 10.9 Å². The van der Waals surface area contributed by atoms with Crippen LogP contribution in [0.3, 0.4) is 0 Å². The first kappa shape index (κ1) is 41.4. The van der Waals surface area contributed by atoms with Gasteiger partial charge in [-0.15, -0.1) is 0 Å². The van der Waals surface area contributed by atoms with Crippen LogP contribution in [-0.4, -0.2) is 73.8 Å². The molecular weight excluding hydrogens is 568 g/mol. The van der Waals surface area contributed by atoms with Crippen LogP contribution >= 0.6 is 0 Å². The molecule has 0 N–H and O–H groups in total. The Balaban J connectivity index is 0.000000671. The normalized spacial score (nSPS) is 15.9. The Morgan fingerprint density at radius 1 is 1.02 bits per heavy atom. The molecule has 44 heavy (non-hydrogen) atoms. The molecule has 2 aromatic rings. The summed E-state index contributed by atoms with van der Waals surface area (Å²) in [7, 11) is -0.819. The highest BCUT2D eigenvalue weighted by Gasteiger charge is 2.25. The maximum absolute atomic E-state index is 10.9. The second-order valence-electron chi connectivity index (χ2n) is 11.0. The SMILES string of the molecule is C=C(C)N(/C(=C\CC)c1ccnc(C)n1)C1CCOCC1.CC.CC.CC1CCN(C)CC1.Cc1ccc(S(C)(=O)=O)cc1. The van der Waals surface area contributed by atoms with Crippen molar-refractivity contribution in [3.05, 3.63) is 72.0 Å². The van der Waals surface area contributed by atoms with Crippen molar-refractivity contribution >= 4 is 15.5 Å². The lowest BCUT2D eigenvalue weighted by atomic mass is 10.00. The van der Waals surface area contributed by atoms with Crippen LogP contribution in [0.2, 0.25) is 0 Å². The van der Waals surface area contributed by atoms with E-state index < -0.39 is 9.84 Å². The molecule has 0 bridgehead atoms. The molecule has 4 rings (SSSR count). The lowest BCUT2D eigenvalue weighted by Crippen LogP contribution is -2.37. The molecule has 0 spiro atoms. The first-order valence-electron chi connectivity index (χ1n) is 16.4. The standard InChI is InChI=1S/C17H25N3O.C8H10O2S.C7H15N.2C2H6/c1-5-6-17(16-7-10-18-14(4)19-16)20(13(2)3)15-8-11-21-12-9-15;1-7-3-5-8(6-4-7)11(2,9)10;1-7-3-5-8(2)6-4-7;2*1-2/h6-7,10,15H,2,5,8-9,11-12H2,1,3-4H3;3-6H,1-2H3;7H,3-6H2,1-2H3;2*1-2H3/b17-6-;;;;. The smallest absolute Gasteiger partial charge is 0.175 e. The predicted molar refractivity (Wildman–Crippen MR) is 188 cm³/mol. The summed E-state index contributed by atoms with van der Waals surface area (Å²) in [5, 5.41) is 0. The molecule has 2 aliphatic rings. The molecule has 0 radical (unpaired) electrons. The number of piperidine rings is 1. The van der Waals surface area contributed by atoms with Crippen LogP contribution < -0.4 is 0 Å². The summed E-state index contributed by atoms with van der Waals surface area (Å²) in [6, 6.07) is 9.22. The zero-order valence-corrected chi connectivity index (χ0v) is 30.5. The van der Waals surface area contributed by atoms with Crippen LogP contribution in [0.25, 0.3) is 5.70 Å². The van der Waals surface area contributed by atoms with E-state index in [1.54, 1.807) is 24.3 Å². The van der Waals surface area contributed by atoms with E-state index in [-0.39, 0.29) is 0 Å². The first-order chi connectivity index (χ1) is 20.9. The molecular formula is C36H62N4O3S. The zero-order chi connectivity index (χ0) is 33.7. The van der Waals surface area contributed by atoms with Gasteiger partial charge in [0.15, 0.2) is 9.84 Å². The van der Waals surface area contributed by atoms with E-state index in [1.807, 2.05) is 53.8 Å². The number of likely N-dealkylation sites (tertiary alicyclic amines) is 1. The van der Waals surface area contributed by atoms with Gasteiger partial charge in [-0.05, 0) is 97.1 Å². The van der Waals surface area contributed by atoms with Crippen molar-refractivity contribution in [3.8, 4) is 0 Å². The number of benzene rings is 1. The van der Waals surface area contributed by atoms with Gasteiger partial charge in [0.25, 0.3) is 0 Å². The van der Waals surface area contributed by atoms with E-state index in [1.165, 1.54) is 32.2 Å². The number of aryl methyl sites for hydroxylation is 2. The Morgan fingerprint density at radius 2 is 1.57 bits per heavy atom. The van der Waals surface area contributed by atoms with Crippen molar-refractivity contribution in [2.45, 2.75) is 105 Å². The van der Waals surface area contributed by atoms with Gasteiger partial charge in [-0.2, -0.15) is 0 Å². The monoisotopic (exact) mass is 630 g/mol. The van der Waals surface area contributed by atoms with Gasteiger partial charge in [-0.3, -0.25) is 0 Å². The zero-order valence-electron chi connectivity index (χ0n) is 29.7. The van der Waals surface area contributed by atoms with E-state index in [4.69, 9.17) is 4.74 Å². The quantitative estimate of drug-likeness (QED) is 0.318. The van der Waals surface area contributed by atoms with Gasteiger partial charge in [-0.1, -0.05) is 71.9 Å². The van der Waals surface area contributed by atoms with Crippen molar-refractivity contribution in [2.75, 3.05) is 39.6 Å². The van der Waals surface area contributed by atoms with Gasteiger partial charge in [0, 0.05) is 37.4 Å². The molecule has 0 atom stereocenters. The summed E-state index contributed by atoms with van der Waals surface area (Å²) in [5.74, 6) is 1.77. The Labute approximate surface area is 270 Å². The third kappa shape index (κ3) is 16.0. The second kappa shape index (κ2) is 22.9. The number of nitrogens with zero attached hydrogens (tertiary/aromatic N) is 4. The number of sulfone groups is 1. The summed E-state index contributed by atoms with van der Waals surface area (Å²) in [4.78, 5) is 13.9. The van der Waals surface area contributed by atoms with E-state index in [2.05, 4.69) is 60.2 Å². The fourth-order valence-electron chi connectivity index (χ4n) is 4.70. The van der Waals surface area contributed by atoms with Crippen molar-refractivity contribution < 1.29 is 13.2 Å².